The first-order valence-corrected chi connectivity index (χ1v) is 6.41. The maximum absolute atomic E-state index is 11.5. The van der Waals surface area contributed by atoms with Gasteiger partial charge in [0.1, 0.15) is 0 Å². The second kappa shape index (κ2) is 5.39. The third kappa shape index (κ3) is 3.10. The highest BCUT2D eigenvalue weighted by Crippen LogP contribution is 2.39. The van der Waals surface area contributed by atoms with Gasteiger partial charge >= 0.3 is 5.97 Å². The summed E-state index contributed by atoms with van der Waals surface area (Å²) in [4.78, 5) is 32.5. The summed E-state index contributed by atoms with van der Waals surface area (Å²) in [5, 5.41) is 22.7. The summed E-state index contributed by atoms with van der Waals surface area (Å²) >= 11 is 0. The van der Waals surface area contributed by atoms with Crippen LogP contribution in [-0.2, 0) is 4.79 Å². The molecule has 0 heterocycles. The van der Waals surface area contributed by atoms with Crippen LogP contribution in [0.25, 0.3) is 0 Å². The molecule has 0 aromatic heterocycles. The van der Waals surface area contributed by atoms with Crippen LogP contribution >= 0.6 is 0 Å². The van der Waals surface area contributed by atoms with Crippen molar-refractivity contribution in [3.8, 4) is 0 Å². The number of rotatable bonds is 6. The fourth-order valence-electron chi connectivity index (χ4n) is 2.48. The Kier molecular flexibility index (Phi) is 3.79. The van der Waals surface area contributed by atoms with Crippen molar-refractivity contribution >= 4 is 23.3 Å². The Morgan fingerprint density at radius 2 is 2.10 bits per heavy atom. The lowest BCUT2D eigenvalue weighted by Gasteiger charge is -2.42. The van der Waals surface area contributed by atoms with Crippen molar-refractivity contribution in [2.45, 2.75) is 31.2 Å². The van der Waals surface area contributed by atoms with Crippen LogP contribution in [0.1, 0.15) is 36.0 Å². The zero-order valence-corrected chi connectivity index (χ0v) is 11.2. The van der Waals surface area contributed by atoms with Gasteiger partial charge < -0.3 is 16.2 Å². The standard InChI is InChI=1S/C13H15N3O5/c14-12(19)9-6-8(16(20)21)2-3-10(9)15-13(4-1-5-13)7-11(17)18/h2-3,6,15H,1,4-5,7H2,(H2,14,19)(H,17,18). The van der Waals surface area contributed by atoms with Crippen molar-refractivity contribution in [2.24, 2.45) is 5.73 Å². The number of nitrogens with two attached hydrogens (primary N) is 1. The van der Waals surface area contributed by atoms with Crippen LogP contribution in [0, 0.1) is 10.1 Å². The van der Waals surface area contributed by atoms with Crippen molar-refractivity contribution in [3.63, 3.8) is 0 Å². The van der Waals surface area contributed by atoms with Crippen LogP contribution in [0.3, 0.4) is 0 Å². The third-order valence-electron chi connectivity index (χ3n) is 3.68. The number of carbonyl (C=O) groups is 2. The highest BCUT2D eigenvalue weighted by Gasteiger charge is 2.39. The molecule has 1 aromatic rings. The van der Waals surface area contributed by atoms with Crippen LogP contribution in [0.5, 0.6) is 0 Å². The lowest BCUT2D eigenvalue weighted by Crippen LogP contribution is -2.47. The number of aliphatic carboxylic acids is 1. The van der Waals surface area contributed by atoms with Gasteiger partial charge in [0, 0.05) is 23.4 Å². The Labute approximate surface area is 120 Å². The number of nitrogens with zero attached hydrogens (tertiary/aromatic N) is 1. The third-order valence-corrected chi connectivity index (χ3v) is 3.68. The summed E-state index contributed by atoms with van der Waals surface area (Å²) < 4.78 is 0. The van der Waals surface area contributed by atoms with Crippen molar-refractivity contribution in [2.75, 3.05) is 5.32 Å². The lowest BCUT2D eigenvalue weighted by molar-refractivity contribution is -0.384. The summed E-state index contributed by atoms with van der Waals surface area (Å²) in [5.41, 5.74) is 4.70. The fraction of sp³-hybridized carbons (Fsp3) is 0.385. The van der Waals surface area contributed by atoms with Crippen molar-refractivity contribution < 1.29 is 19.6 Å². The van der Waals surface area contributed by atoms with Gasteiger partial charge in [-0.1, -0.05) is 0 Å². The molecule has 1 aromatic carbocycles. The largest absolute Gasteiger partial charge is 0.481 e. The molecule has 0 aliphatic heterocycles. The molecule has 1 amide bonds. The topological polar surface area (TPSA) is 136 Å². The van der Waals surface area contributed by atoms with Gasteiger partial charge in [0.25, 0.3) is 11.6 Å². The minimum atomic E-state index is -0.940. The molecule has 0 saturated heterocycles. The van der Waals surface area contributed by atoms with Crippen molar-refractivity contribution in [3.05, 3.63) is 33.9 Å². The minimum Gasteiger partial charge on any atom is -0.481 e. The van der Waals surface area contributed by atoms with Crippen molar-refractivity contribution in [1.82, 2.24) is 0 Å². The second-order valence-corrected chi connectivity index (χ2v) is 5.18. The molecule has 1 fully saturated rings. The molecule has 8 heteroatoms. The normalized spacial score (nSPS) is 15.8. The molecule has 4 N–H and O–H groups in total. The maximum Gasteiger partial charge on any atom is 0.305 e. The first kappa shape index (κ1) is 14.8. The van der Waals surface area contributed by atoms with Gasteiger partial charge in [-0.2, -0.15) is 0 Å². The summed E-state index contributed by atoms with van der Waals surface area (Å²) in [6, 6.07) is 3.74. The van der Waals surface area contributed by atoms with Gasteiger partial charge in [-0.3, -0.25) is 19.7 Å². The number of anilines is 1. The number of carboxylic acids is 1. The average Bonchev–Trinajstić information content (AvgIpc) is 2.35. The van der Waals surface area contributed by atoms with E-state index < -0.39 is 22.3 Å². The van der Waals surface area contributed by atoms with E-state index in [2.05, 4.69) is 5.32 Å². The molecule has 0 unspecified atom stereocenters. The number of amides is 1. The molecule has 1 aliphatic rings. The maximum atomic E-state index is 11.5. The van der Waals surface area contributed by atoms with E-state index in [9.17, 15) is 19.7 Å². The van der Waals surface area contributed by atoms with Crippen LogP contribution in [0.15, 0.2) is 18.2 Å². The molecule has 1 saturated carbocycles. The Bertz CT molecular complexity index is 610. The number of non-ortho nitro benzene ring substituents is 1. The Balaban J connectivity index is 2.32. The number of nitro groups is 1. The predicted molar refractivity (Wildman–Crippen MR) is 74.1 cm³/mol. The average molecular weight is 293 g/mol. The zero-order valence-electron chi connectivity index (χ0n) is 11.2. The first-order chi connectivity index (χ1) is 9.83. The summed E-state index contributed by atoms with van der Waals surface area (Å²) in [6.45, 7) is 0. The Morgan fingerprint density at radius 1 is 1.43 bits per heavy atom. The van der Waals surface area contributed by atoms with E-state index in [0.717, 1.165) is 12.5 Å². The molecule has 0 bridgehead atoms. The van der Waals surface area contributed by atoms with E-state index >= 15 is 0 Å². The van der Waals surface area contributed by atoms with Gasteiger partial charge in [0.2, 0.25) is 0 Å². The van der Waals surface area contributed by atoms with E-state index in [1.165, 1.54) is 12.1 Å². The van der Waals surface area contributed by atoms with Crippen LogP contribution in [0.2, 0.25) is 0 Å². The number of nitrogens with one attached hydrogen (secondary N) is 1. The number of benzene rings is 1. The first-order valence-electron chi connectivity index (χ1n) is 6.41. The Morgan fingerprint density at radius 3 is 2.52 bits per heavy atom. The molecule has 2 rings (SSSR count). The number of primary amides is 1. The highest BCUT2D eigenvalue weighted by molar-refractivity contribution is 5.99. The molecule has 1 aliphatic carbocycles. The Hall–Kier alpha value is -2.64. The smallest absolute Gasteiger partial charge is 0.305 e. The molecule has 21 heavy (non-hydrogen) atoms. The SMILES string of the molecule is NC(=O)c1cc([N+](=O)[O-])ccc1NC1(CC(=O)O)CCC1. The van der Waals surface area contributed by atoms with Gasteiger partial charge in [-0.25, -0.2) is 0 Å². The van der Waals surface area contributed by atoms with E-state index in [-0.39, 0.29) is 17.7 Å². The number of nitro benzene ring substituents is 1. The van der Waals surface area contributed by atoms with Crippen LogP contribution < -0.4 is 11.1 Å². The van der Waals surface area contributed by atoms with E-state index in [1.807, 2.05) is 0 Å². The van der Waals surface area contributed by atoms with Gasteiger partial charge in [0.05, 0.1) is 16.9 Å². The van der Waals surface area contributed by atoms with E-state index in [4.69, 9.17) is 10.8 Å². The molecular formula is C13H15N3O5. The number of hydrogen-bond donors (Lipinski definition) is 3. The van der Waals surface area contributed by atoms with Crippen LogP contribution in [-0.4, -0.2) is 27.4 Å². The monoisotopic (exact) mass is 293 g/mol. The molecule has 0 atom stereocenters. The number of carboxylic acid groups (broad SMARTS) is 1. The quantitative estimate of drug-likeness (QED) is 0.537. The summed E-state index contributed by atoms with van der Waals surface area (Å²) in [7, 11) is 0. The molecule has 8 nitrogen and oxygen atoms in total. The zero-order chi connectivity index (χ0) is 15.6. The van der Waals surface area contributed by atoms with Gasteiger partial charge in [-0.15, -0.1) is 0 Å². The number of hydrogen-bond acceptors (Lipinski definition) is 5. The summed E-state index contributed by atoms with van der Waals surface area (Å²) in [6.07, 6.45) is 2.13. The molecular weight excluding hydrogens is 278 g/mol. The minimum absolute atomic E-state index is 0.0131. The number of carbonyl (C=O) groups excluding carboxylic acids is 1. The van der Waals surface area contributed by atoms with Gasteiger partial charge in [0.15, 0.2) is 0 Å². The van der Waals surface area contributed by atoms with Gasteiger partial charge in [-0.05, 0) is 25.3 Å². The van der Waals surface area contributed by atoms with Crippen molar-refractivity contribution in [1.29, 1.82) is 0 Å². The molecule has 0 radical (unpaired) electrons. The lowest BCUT2D eigenvalue weighted by atomic mass is 9.74. The predicted octanol–water partition coefficient (Wildman–Crippen LogP) is 1.50. The fourth-order valence-corrected chi connectivity index (χ4v) is 2.48. The van der Waals surface area contributed by atoms with E-state index in [1.54, 1.807) is 0 Å². The summed E-state index contributed by atoms with van der Waals surface area (Å²) in [5.74, 6) is -1.74. The molecule has 0 spiro atoms. The van der Waals surface area contributed by atoms with Crippen LogP contribution in [0.4, 0.5) is 11.4 Å². The van der Waals surface area contributed by atoms with E-state index in [0.29, 0.717) is 18.5 Å². The highest BCUT2D eigenvalue weighted by atomic mass is 16.6. The molecule has 112 valence electrons. The second-order valence-electron chi connectivity index (χ2n) is 5.18.